The van der Waals surface area contributed by atoms with Gasteiger partial charge in [-0.1, -0.05) is 0 Å². The Bertz CT molecular complexity index is 809. The molecule has 3 aromatic rings. The van der Waals surface area contributed by atoms with Crippen LogP contribution < -0.4 is 0 Å². The highest BCUT2D eigenvalue weighted by Gasteiger charge is 2.19. The SMILES string of the molecule is Cc1nc2nc(Cl)nc(-c3c(F)cnn3C)c2nc1C. The molecule has 0 aliphatic rings. The zero-order valence-corrected chi connectivity index (χ0v) is 11.8. The number of nitrogens with zero attached hydrogens (tertiary/aromatic N) is 6. The average Bonchev–Trinajstić information content (AvgIpc) is 2.70. The maximum atomic E-state index is 13.9. The second-order valence-electron chi connectivity index (χ2n) is 4.37. The van der Waals surface area contributed by atoms with Crippen LogP contribution >= 0.6 is 11.6 Å². The smallest absolute Gasteiger partial charge is 0.225 e. The van der Waals surface area contributed by atoms with E-state index < -0.39 is 5.82 Å². The van der Waals surface area contributed by atoms with Crippen molar-refractivity contribution in [1.29, 1.82) is 0 Å². The summed E-state index contributed by atoms with van der Waals surface area (Å²) in [4.78, 5) is 16.8. The quantitative estimate of drug-likeness (QED) is 0.643. The van der Waals surface area contributed by atoms with Gasteiger partial charge in [-0.2, -0.15) is 10.1 Å². The molecule has 0 bridgehead atoms. The molecule has 0 atom stereocenters. The Kier molecular flexibility index (Phi) is 2.86. The van der Waals surface area contributed by atoms with Crippen LogP contribution in [0.5, 0.6) is 0 Å². The Labute approximate surface area is 118 Å². The molecular weight excluding hydrogens is 283 g/mol. The summed E-state index contributed by atoms with van der Waals surface area (Å²) < 4.78 is 15.3. The summed E-state index contributed by atoms with van der Waals surface area (Å²) in [7, 11) is 1.62. The van der Waals surface area contributed by atoms with Crippen LogP contribution in [0.3, 0.4) is 0 Å². The normalized spacial score (nSPS) is 11.2. The lowest BCUT2D eigenvalue weighted by molar-refractivity contribution is 0.629. The molecule has 0 aromatic carbocycles. The summed E-state index contributed by atoms with van der Waals surface area (Å²) in [6.07, 6.45) is 1.12. The first-order chi connectivity index (χ1) is 9.47. The van der Waals surface area contributed by atoms with E-state index in [1.165, 1.54) is 4.68 Å². The molecule has 8 heteroatoms. The number of aryl methyl sites for hydroxylation is 3. The summed E-state index contributed by atoms with van der Waals surface area (Å²) in [5, 5.41) is 3.85. The maximum absolute atomic E-state index is 13.9. The number of halogens is 2. The molecule has 3 heterocycles. The van der Waals surface area contributed by atoms with Crippen molar-refractivity contribution in [2.24, 2.45) is 7.05 Å². The van der Waals surface area contributed by atoms with Gasteiger partial charge in [0.25, 0.3) is 0 Å². The summed E-state index contributed by atoms with van der Waals surface area (Å²) in [5.74, 6) is -0.497. The zero-order chi connectivity index (χ0) is 14.4. The van der Waals surface area contributed by atoms with Crippen molar-refractivity contribution >= 4 is 22.8 Å². The number of hydrogen-bond donors (Lipinski definition) is 0. The molecule has 3 rings (SSSR count). The van der Waals surface area contributed by atoms with Gasteiger partial charge in [-0.25, -0.2) is 19.3 Å². The topological polar surface area (TPSA) is 69.4 Å². The minimum Gasteiger partial charge on any atom is -0.263 e. The molecular formula is C12H10ClFN6. The van der Waals surface area contributed by atoms with E-state index in [1.807, 2.05) is 13.8 Å². The first-order valence-corrected chi connectivity index (χ1v) is 6.21. The van der Waals surface area contributed by atoms with Crippen molar-refractivity contribution in [3.8, 4) is 11.4 Å². The molecule has 0 amide bonds. The van der Waals surface area contributed by atoms with Crippen molar-refractivity contribution in [1.82, 2.24) is 29.7 Å². The van der Waals surface area contributed by atoms with Crippen LogP contribution in [0.15, 0.2) is 6.20 Å². The number of fused-ring (bicyclic) bond motifs is 1. The Morgan fingerprint density at radius 3 is 2.45 bits per heavy atom. The van der Waals surface area contributed by atoms with E-state index in [9.17, 15) is 4.39 Å². The predicted octanol–water partition coefficient (Wildman–Crippen LogP) is 2.23. The van der Waals surface area contributed by atoms with Crippen molar-refractivity contribution < 1.29 is 4.39 Å². The van der Waals surface area contributed by atoms with E-state index in [4.69, 9.17) is 11.6 Å². The zero-order valence-electron chi connectivity index (χ0n) is 11.0. The van der Waals surface area contributed by atoms with Gasteiger partial charge in [0.15, 0.2) is 11.5 Å². The Morgan fingerprint density at radius 2 is 1.80 bits per heavy atom. The van der Waals surface area contributed by atoms with E-state index in [2.05, 4.69) is 25.0 Å². The van der Waals surface area contributed by atoms with Crippen molar-refractivity contribution in [3.05, 3.63) is 28.7 Å². The third-order valence-corrected chi connectivity index (χ3v) is 3.20. The fraction of sp³-hybridized carbons (Fsp3) is 0.250. The fourth-order valence-corrected chi connectivity index (χ4v) is 2.09. The first-order valence-electron chi connectivity index (χ1n) is 5.83. The van der Waals surface area contributed by atoms with Crippen LogP contribution in [0.1, 0.15) is 11.4 Å². The minimum absolute atomic E-state index is 0.00865. The summed E-state index contributed by atoms with van der Waals surface area (Å²) in [6.45, 7) is 3.64. The molecule has 102 valence electrons. The molecule has 0 unspecified atom stereocenters. The van der Waals surface area contributed by atoms with Gasteiger partial charge in [0.1, 0.15) is 16.9 Å². The third-order valence-electron chi connectivity index (χ3n) is 3.03. The van der Waals surface area contributed by atoms with Crippen LogP contribution in [-0.2, 0) is 7.05 Å². The van der Waals surface area contributed by atoms with Gasteiger partial charge < -0.3 is 0 Å². The average molecular weight is 293 g/mol. The second-order valence-corrected chi connectivity index (χ2v) is 4.71. The molecule has 0 spiro atoms. The number of hydrogen-bond acceptors (Lipinski definition) is 5. The molecule has 0 saturated heterocycles. The van der Waals surface area contributed by atoms with Crippen LogP contribution in [0, 0.1) is 19.7 Å². The van der Waals surface area contributed by atoms with Crippen LogP contribution in [0.25, 0.3) is 22.6 Å². The van der Waals surface area contributed by atoms with E-state index in [1.54, 1.807) is 7.05 Å². The molecule has 0 aliphatic heterocycles. The van der Waals surface area contributed by atoms with Gasteiger partial charge in [0, 0.05) is 7.05 Å². The standard InChI is InChI=1S/C12H10ClFN6/c1-5-6(2)17-11-9(16-5)8(18-12(13)19-11)10-7(14)4-15-20(10)3/h4H,1-3H3. The molecule has 0 radical (unpaired) electrons. The fourth-order valence-electron chi connectivity index (χ4n) is 1.93. The first kappa shape index (κ1) is 12.9. The largest absolute Gasteiger partial charge is 0.263 e. The van der Waals surface area contributed by atoms with E-state index in [0.717, 1.165) is 17.6 Å². The molecule has 0 fully saturated rings. The van der Waals surface area contributed by atoms with Crippen LogP contribution in [0.2, 0.25) is 5.28 Å². The van der Waals surface area contributed by atoms with Gasteiger partial charge >= 0.3 is 0 Å². The minimum atomic E-state index is -0.497. The molecule has 0 aliphatic carbocycles. The van der Waals surface area contributed by atoms with Gasteiger partial charge in [0.05, 0.1) is 17.6 Å². The van der Waals surface area contributed by atoms with Gasteiger partial charge in [-0.15, -0.1) is 0 Å². The van der Waals surface area contributed by atoms with Gasteiger partial charge in [-0.05, 0) is 25.4 Å². The van der Waals surface area contributed by atoms with Gasteiger partial charge in [0.2, 0.25) is 5.28 Å². The Hall–Kier alpha value is -2.15. The highest BCUT2D eigenvalue weighted by atomic mass is 35.5. The van der Waals surface area contributed by atoms with E-state index in [-0.39, 0.29) is 16.7 Å². The van der Waals surface area contributed by atoms with E-state index >= 15 is 0 Å². The highest BCUT2D eigenvalue weighted by molar-refractivity contribution is 6.28. The lowest BCUT2D eigenvalue weighted by Gasteiger charge is -2.07. The molecule has 6 nitrogen and oxygen atoms in total. The van der Waals surface area contributed by atoms with Crippen molar-refractivity contribution in [2.45, 2.75) is 13.8 Å². The van der Waals surface area contributed by atoms with Crippen molar-refractivity contribution in [2.75, 3.05) is 0 Å². The lowest BCUT2D eigenvalue weighted by atomic mass is 10.2. The highest BCUT2D eigenvalue weighted by Crippen LogP contribution is 2.27. The lowest BCUT2D eigenvalue weighted by Crippen LogP contribution is -2.03. The monoisotopic (exact) mass is 292 g/mol. The molecule has 0 saturated carbocycles. The van der Waals surface area contributed by atoms with Gasteiger partial charge in [-0.3, -0.25) is 4.68 Å². The molecule has 20 heavy (non-hydrogen) atoms. The summed E-state index contributed by atoms with van der Waals surface area (Å²) >= 11 is 5.90. The summed E-state index contributed by atoms with van der Waals surface area (Å²) in [6, 6.07) is 0. The van der Waals surface area contributed by atoms with Crippen LogP contribution in [0.4, 0.5) is 4.39 Å². The molecule has 3 aromatic heterocycles. The molecule has 0 N–H and O–H groups in total. The third kappa shape index (κ3) is 1.90. The Morgan fingerprint density at radius 1 is 1.10 bits per heavy atom. The van der Waals surface area contributed by atoms with Crippen LogP contribution in [-0.4, -0.2) is 29.7 Å². The number of rotatable bonds is 1. The van der Waals surface area contributed by atoms with Crippen molar-refractivity contribution in [3.63, 3.8) is 0 Å². The summed E-state index contributed by atoms with van der Waals surface area (Å²) in [5.41, 5.74) is 2.70. The Balaban J connectivity index is 2.44. The van der Waals surface area contributed by atoms with E-state index in [0.29, 0.717) is 11.2 Å². The second kappa shape index (κ2) is 4.45. The maximum Gasteiger partial charge on any atom is 0.225 e. The number of aromatic nitrogens is 6. The predicted molar refractivity (Wildman–Crippen MR) is 71.8 cm³/mol.